The standard InChI is InChI=1S/C21H19N5O3/c22-11-17-21(29-20(24-17)16-2-1-5-23-12-16)26-8-6-25(7-9-26)13-15-3-4-18-19(10-15)28-14-27-18/h1-5,10,12H,6-9,13-14H2. The predicted molar refractivity (Wildman–Crippen MR) is 105 cm³/mol. The number of nitrogens with zero attached hydrogens (tertiary/aromatic N) is 5. The van der Waals surface area contributed by atoms with Crippen molar-refractivity contribution in [2.45, 2.75) is 6.54 Å². The van der Waals surface area contributed by atoms with Gasteiger partial charge in [0.15, 0.2) is 11.5 Å². The normalized spacial score (nSPS) is 16.0. The fourth-order valence-electron chi connectivity index (χ4n) is 3.62. The van der Waals surface area contributed by atoms with Crippen LogP contribution >= 0.6 is 0 Å². The first kappa shape index (κ1) is 17.5. The Hall–Kier alpha value is -3.57. The first-order valence-corrected chi connectivity index (χ1v) is 9.47. The van der Waals surface area contributed by atoms with Crippen LogP contribution in [-0.2, 0) is 6.54 Å². The van der Waals surface area contributed by atoms with E-state index >= 15 is 0 Å². The van der Waals surface area contributed by atoms with E-state index in [-0.39, 0.29) is 6.79 Å². The molecular formula is C21H19N5O3. The van der Waals surface area contributed by atoms with E-state index in [2.05, 4.69) is 31.9 Å². The van der Waals surface area contributed by atoms with Crippen molar-refractivity contribution in [1.29, 1.82) is 5.26 Å². The van der Waals surface area contributed by atoms with Gasteiger partial charge >= 0.3 is 0 Å². The number of nitriles is 1. The van der Waals surface area contributed by atoms with Crippen LogP contribution in [0, 0.1) is 11.3 Å². The van der Waals surface area contributed by atoms with Gasteiger partial charge in [-0.05, 0) is 29.8 Å². The van der Waals surface area contributed by atoms with E-state index < -0.39 is 0 Å². The minimum absolute atomic E-state index is 0.289. The number of hydrogen-bond acceptors (Lipinski definition) is 8. The summed E-state index contributed by atoms with van der Waals surface area (Å²) in [5.41, 5.74) is 2.27. The zero-order valence-electron chi connectivity index (χ0n) is 15.7. The molecule has 8 nitrogen and oxygen atoms in total. The van der Waals surface area contributed by atoms with E-state index in [0.29, 0.717) is 17.5 Å². The van der Waals surface area contributed by atoms with Crippen molar-refractivity contribution in [3.63, 3.8) is 0 Å². The lowest BCUT2D eigenvalue weighted by Gasteiger charge is -2.34. The highest BCUT2D eigenvalue weighted by Crippen LogP contribution is 2.33. The molecule has 1 saturated heterocycles. The highest BCUT2D eigenvalue weighted by molar-refractivity contribution is 5.58. The fraction of sp³-hybridized carbons (Fsp3) is 0.286. The summed E-state index contributed by atoms with van der Waals surface area (Å²) in [5, 5.41) is 9.49. The smallest absolute Gasteiger partial charge is 0.235 e. The molecule has 0 atom stereocenters. The van der Waals surface area contributed by atoms with Crippen LogP contribution in [0.2, 0.25) is 0 Å². The second kappa shape index (κ2) is 7.45. The maximum Gasteiger partial charge on any atom is 0.235 e. The molecule has 146 valence electrons. The lowest BCUT2D eigenvalue weighted by Crippen LogP contribution is -2.46. The quantitative estimate of drug-likeness (QED) is 0.673. The number of pyridine rings is 1. The van der Waals surface area contributed by atoms with E-state index in [1.54, 1.807) is 12.4 Å². The summed E-state index contributed by atoms with van der Waals surface area (Å²) in [6, 6.07) is 11.9. The third-order valence-corrected chi connectivity index (χ3v) is 5.13. The number of anilines is 1. The number of benzene rings is 1. The maximum absolute atomic E-state index is 9.49. The van der Waals surface area contributed by atoms with Crippen LogP contribution in [0.25, 0.3) is 11.5 Å². The number of rotatable bonds is 4. The molecule has 0 bridgehead atoms. The Morgan fingerprint density at radius 3 is 2.72 bits per heavy atom. The third kappa shape index (κ3) is 3.48. The largest absolute Gasteiger partial charge is 0.454 e. The van der Waals surface area contributed by atoms with Gasteiger partial charge in [-0.1, -0.05) is 6.07 Å². The van der Waals surface area contributed by atoms with Crippen LogP contribution in [0.15, 0.2) is 47.1 Å². The molecule has 0 N–H and O–H groups in total. The molecule has 2 aliphatic heterocycles. The van der Waals surface area contributed by atoms with Crippen molar-refractivity contribution in [3.8, 4) is 29.0 Å². The second-order valence-electron chi connectivity index (χ2n) is 6.98. The van der Waals surface area contributed by atoms with Gasteiger partial charge in [0.05, 0.1) is 5.56 Å². The van der Waals surface area contributed by atoms with E-state index in [0.717, 1.165) is 49.8 Å². The van der Waals surface area contributed by atoms with Gasteiger partial charge in [0.2, 0.25) is 24.3 Å². The molecule has 2 aliphatic rings. The van der Waals surface area contributed by atoms with Crippen molar-refractivity contribution < 1.29 is 13.9 Å². The van der Waals surface area contributed by atoms with Crippen LogP contribution < -0.4 is 14.4 Å². The van der Waals surface area contributed by atoms with E-state index in [9.17, 15) is 5.26 Å². The van der Waals surface area contributed by atoms with Crippen LogP contribution in [0.1, 0.15) is 11.3 Å². The Balaban J connectivity index is 1.26. The van der Waals surface area contributed by atoms with Gasteiger partial charge in [0.1, 0.15) is 6.07 Å². The monoisotopic (exact) mass is 389 g/mol. The van der Waals surface area contributed by atoms with Crippen LogP contribution in [0.5, 0.6) is 11.5 Å². The number of ether oxygens (including phenoxy) is 2. The summed E-state index contributed by atoms with van der Waals surface area (Å²) in [7, 11) is 0. The summed E-state index contributed by atoms with van der Waals surface area (Å²) in [6.07, 6.45) is 3.37. The average Bonchev–Trinajstić information content (AvgIpc) is 3.41. The first-order chi connectivity index (χ1) is 14.3. The summed E-state index contributed by atoms with van der Waals surface area (Å²) in [4.78, 5) is 12.9. The molecule has 0 unspecified atom stereocenters. The highest BCUT2D eigenvalue weighted by atomic mass is 16.7. The number of piperazine rings is 1. The Bertz CT molecular complexity index is 1050. The molecule has 3 aromatic rings. The lowest BCUT2D eigenvalue weighted by atomic mass is 10.1. The molecule has 0 spiro atoms. The molecule has 5 rings (SSSR count). The Morgan fingerprint density at radius 2 is 1.93 bits per heavy atom. The predicted octanol–water partition coefficient (Wildman–Crippen LogP) is 2.66. The van der Waals surface area contributed by atoms with Gasteiger partial charge in [0, 0.05) is 45.1 Å². The topological polar surface area (TPSA) is 87.7 Å². The van der Waals surface area contributed by atoms with Gasteiger partial charge in [0.25, 0.3) is 0 Å². The molecule has 0 amide bonds. The molecule has 0 saturated carbocycles. The van der Waals surface area contributed by atoms with Gasteiger partial charge in [-0.3, -0.25) is 9.88 Å². The summed E-state index contributed by atoms with van der Waals surface area (Å²) >= 11 is 0. The molecular weight excluding hydrogens is 370 g/mol. The third-order valence-electron chi connectivity index (χ3n) is 5.13. The summed E-state index contributed by atoms with van der Waals surface area (Å²) in [5.74, 6) is 2.57. The van der Waals surface area contributed by atoms with Gasteiger partial charge in [-0.2, -0.15) is 10.2 Å². The number of hydrogen-bond donors (Lipinski definition) is 0. The van der Waals surface area contributed by atoms with Crippen LogP contribution in [0.4, 0.5) is 5.88 Å². The Morgan fingerprint density at radius 1 is 1.07 bits per heavy atom. The van der Waals surface area contributed by atoms with Crippen molar-refractivity contribution in [1.82, 2.24) is 14.9 Å². The molecule has 8 heteroatoms. The fourth-order valence-corrected chi connectivity index (χ4v) is 3.62. The zero-order chi connectivity index (χ0) is 19.6. The second-order valence-corrected chi connectivity index (χ2v) is 6.98. The molecule has 29 heavy (non-hydrogen) atoms. The average molecular weight is 389 g/mol. The minimum Gasteiger partial charge on any atom is -0.454 e. The summed E-state index contributed by atoms with van der Waals surface area (Å²) in [6.45, 7) is 4.39. The van der Waals surface area contributed by atoms with E-state index in [1.807, 2.05) is 24.3 Å². The molecule has 1 aromatic carbocycles. The number of fused-ring (bicyclic) bond motifs is 1. The van der Waals surface area contributed by atoms with E-state index in [1.165, 1.54) is 5.56 Å². The van der Waals surface area contributed by atoms with Gasteiger partial charge in [-0.15, -0.1) is 0 Å². The van der Waals surface area contributed by atoms with Crippen LogP contribution in [0.3, 0.4) is 0 Å². The van der Waals surface area contributed by atoms with Gasteiger partial charge in [-0.25, -0.2) is 0 Å². The van der Waals surface area contributed by atoms with Crippen LogP contribution in [-0.4, -0.2) is 47.8 Å². The van der Waals surface area contributed by atoms with Crippen molar-refractivity contribution in [2.24, 2.45) is 0 Å². The minimum atomic E-state index is 0.289. The molecule has 1 fully saturated rings. The SMILES string of the molecule is N#Cc1nc(-c2cccnc2)oc1N1CCN(Cc2ccc3c(c2)OCO3)CC1. The van der Waals surface area contributed by atoms with Crippen molar-refractivity contribution >= 4 is 5.88 Å². The number of oxazole rings is 1. The van der Waals surface area contributed by atoms with Crippen molar-refractivity contribution in [2.75, 3.05) is 37.9 Å². The number of aromatic nitrogens is 2. The molecule has 2 aromatic heterocycles. The molecule has 0 radical (unpaired) electrons. The molecule has 4 heterocycles. The maximum atomic E-state index is 9.49. The van der Waals surface area contributed by atoms with Crippen molar-refractivity contribution in [3.05, 3.63) is 54.0 Å². The lowest BCUT2D eigenvalue weighted by molar-refractivity contribution is 0.174. The molecule has 0 aliphatic carbocycles. The summed E-state index contributed by atoms with van der Waals surface area (Å²) < 4.78 is 16.8. The highest BCUT2D eigenvalue weighted by Gasteiger charge is 2.25. The van der Waals surface area contributed by atoms with E-state index in [4.69, 9.17) is 13.9 Å². The Kier molecular flexibility index (Phi) is 4.50. The first-order valence-electron chi connectivity index (χ1n) is 9.47. The Labute approximate surface area is 167 Å². The zero-order valence-corrected chi connectivity index (χ0v) is 15.7. The van der Waals surface area contributed by atoms with Gasteiger partial charge < -0.3 is 18.8 Å².